The van der Waals surface area contributed by atoms with E-state index in [1.807, 2.05) is 47.4 Å². The monoisotopic (exact) mass is 396 g/mol. The van der Waals surface area contributed by atoms with Crippen molar-refractivity contribution < 1.29 is 32.3 Å². The SMILES string of the molecule is O=C(O)C(F)(F)F.O=C1C2CN(Cc3ccco3)CC2CN1c1ccccc1. The van der Waals surface area contributed by atoms with Crippen LogP contribution in [0.25, 0.3) is 0 Å². The molecule has 0 saturated carbocycles. The number of fused-ring (bicyclic) bond motifs is 1. The standard InChI is InChI=1S/C17H18N2O2.C2HF3O2/c20-17-16-12-18(11-15-7-4-8-21-15)9-13(16)10-19(17)14-5-2-1-3-6-14;3-2(4,5)1(6)7/h1-8,13,16H,9-12H2;(H,6,7). The number of furan rings is 1. The van der Waals surface area contributed by atoms with Crippen molar-refractivity contribution in [2.45, 2.75) is 12.7 Å². The number of anilines is 1. The van der Waals surface area contributed by atoms with Gasteiger partial charge in [-0.05, 0) is 24.3 Å². The van der Waals surface area contributed by atoms with Gasteiger partial charge in [-0.25, -0.2) is 4.79 Å². The van der Waals surface area contributed by atoms with E-state index in [9.17, 15) is 18.0 Å². The van der Waals surface area contributed by atoms with Crippen molar-refractivity contribution in [1.29, 1.82) is 0 Å². The zero-order chi connectivity index (χ0) is 20.3. The quantitative estimate of drug-likeness (QED) is 0.864. The summed E-state index contributed by atoms with van der Waals surface area (Å²) < 4.78 is 37.1. The lowest BCUT2D eigenvalue weighted by Crippen LogP contribution is -2.32. The van der Waals surface area contributed by atoms with Gasteiger partial charge >= 0.3 is 12.1 Å². The number of halogens is 3. The minimum absolute atomic E-state index is 0.139. The molecular formula is C19H19F3N2O4. The van der Waals surface area contributed by atoms with Crippen molar-refractivity contribution in [1.82, 2.24) is 4.90 Å². The summed E-state index contributed by atoms with van der Waals surface area (Å²) in [5.41, 5.74) is 1.02. The maximum atomic E-state index is 12.6. The number of rotatable bonds is 3. The first-order valence-electron chi connectivity index (χ1n) is 8.67. The molecule has 2 aromatic rings. The number of likely N-dealkylation sites (tertiary alicyclic amines) is 1. The molecule has 2 unspecified atom stereocenters. The molecule has 2 atom stereocenters. The van der Waals surface area contributed by atoms with Crippen LogP contribution in [0.3, 0.4) is 0 Å². The maximum Gasteiger partial charge on any atom is 0.490 e. The molecule has 2 aliphatic heterocycles. The first-order valence-corrected chi connectivity index (χ1v) is 8.67. The molecule has 0 radical (unpaired) electrons. The summed E-state index contributed by atoms with van der Waals surface area (Å²) in [6.45, 7) is 3.45. The van der Waals surface area contributed by atoms with Crippen molar-refractivity contribution in [3.63, 3.8) is 0 Å². The molecule has 28 heavy (non-hydrogen) atoms. The Balaban J connectivity index is 0.000000279. The van der Waals surface area contributed by atoms with Crippen LogP contribution < -0.4 is 4.90 Å². The molecule has 6 nitrogen and oxygen atoms in total. The van der Waals surface area contributed by atoms with Crippen LogP contribution in [0.15, 0.2) is 53.1 Å². The number of benzene rings is 1. The smallest absolute Gasteiger partial charge is 0.475 e. The summed E-state index contributed by atoms with van der Waals surface area (Å²) in [6.07, 6.45) is -3.38. The molecular weight excluding hydrogens is 377 g/mol. The van der Waals surface area contributed by atoms with Gasteiger partial charge in [-0.3, -0.25) is 9.69 Å². The molecule has 0 spiro atoms. The van der Waals surface area contributed by atoms with Crippen molar-refractivity contribution in [2.24, 2.45) is 11.8 Å². The molecule has 2 fully saturated rings. The highest BCUT2D eigenvalue weighted by atomic mass is 19.4. The molecule has 0 bridgehead atoms. The second kappa shape index (κ2) is 8.05. The topological polar surface area (TPSA) is 74.0 Å². The van der Waals surface area contributed by atoms with Gasteiger partial charge in [-0.1, -0.05) is 18.2 Å². The van der Waals surface area contributed by atoms with Crippen LogP contribution in [-0.2, 0) is 16.1 Å². The summed E-state index contributed by atoms with van der Waals surface area (Å²) >= 11 is 0. The lowest BCUT2D eigenvalue weighted by Gasteiger charge is -2.21. The summed E-state index contributed by atoms with van der Waals surface area (Å²) in [6, 6.07) is 13.9. The zero-order valence-corrected chi connectivity index (χ0v) is 14.8. The first kappa shape index (κ1) is 19.9. The van der Waals surface area contributed by atoms with E-state index in [0.29, 0.717) is 5.92 Å². The Hall–Kier alpha value is -2.81. The highest BCUT2D eigenvalue weighted by molar-refractivity contribution is 5.98. The number of carboxylic acid groups (broad SMARTS) is 1. The van der Waals surface area contributed by atoms with E-state index in [4.69, 9.17) is 14.3 Å². The summed E-state index contributed by atoms with van der Waals surface area (Å²) in [4.78, 5) is 25.8. The average Bonchev–Trinajstić information content (AvgIpc) is 3.35. The number of para-hydroxylation sites is 1. The van der Waals surface area contributed by atoms with Crippen LogP contribution in [0.2, 0.25) is 0 Å². The third kappa shape index (κ3) is 4.53. The minimum atomic E-state index is -5.08. The molecule has 1 amide bonds. The van der Waals surface area contributed by atoms with E-state index in [1.165, 1.54) is 0 Å². The normalized spacial score (nSPS) is 22.0. The van der Waals surface area contributed by atoms with Gasteiger partial charge in [-0.15, -0.1) is 0 Å². The largest absolute Gasteiger partial charge is 0.490 e. The average molecular weight is 396 g/mol. The number of hydrogen-bond donors (Lipinski definition) is 1. The second-order valence-corrected chi connectivity index (χ2v) is 6.73. The van der Waals surface area contributed by atoms with Crippen LogP contribution in [0.1, 0.15) is 5.76 Å². The number of carbonyl (C=O) groups is 2. The Morgan fingerprint density at radius 1 is 1.11 bits per heavy atom. The number of aliphatic carboxylic acids is 1. The first-order chi connectivity index (χ1) is 13.3. The van der Waals surface area contributed by atoms with Crippen LogP contribution in [0.5, 0.6) is 0 Å². The van der Waals surface area contributed by atoms with Gasteiger partial charge in [0.05, 0.1) is 18.7 Å². The van der Waals surface area contributed by atoms with Crippen LogP contribution >= 0.6 is 0 Å². The van der Waals surface area contributed by atoms with E-state index in [-0.39, 0.29) is 11.8 Å². The zero-order valence-electron chi connectivity index (χ0n) is 14.8. The Kier molecular flexibility index (Phi) is 5.73. The molecule has 4 rings (SSSR count). The number of amides is 1. The predicted molar refractivity (Wildman–Crippen MR) is 93.5 cm³/mol. The van der Waals surface area contributed by atoms with Crippen molar-refractivity contribution >= 4 is 17.6 Å². The maximum absolute atomic E-state index is 12.6. The fourth-order valence-corrected chi connectivity index (χ4v) is 3.54. The number of nitrogens with zero attached hydrogens (tertiary/aromatic N) is 2. The summed E-state index contributed by atoms with van der Waals surface area (Å²) in [5.74, 6) is -0.934. The van der Waals surface area contributed by atoms with Crippen molar-refractivity contribution in [3.05, 3.63) is 54.5 Å². The predicted octanol–water partition coefficient (Wildman–Crippen LogP) is 3.01. The van der Waals surface area contributed by atoms with E-state index in [2.05, 4.69) is 4.90 Å². The van der Waals surface area contributed by atoms with Gasteiger partial charge < -0.3 is 14.4 Å². The highest BCUT2D eigenvalue weighted by Crippen LogP contribution is 2.35. The molecule has 1 aromatic heterocycles. The lowest BCUT2D eigenvalue weighted by molar-refractivity contribution is -0.192. The molecule has 9 heteroatoms. The van der Waals surface area contributed by atoms with Crippen LogP contribution in [0, 0.1) is 11.8 Å². The van der Waals surface area contributed by atoms with Gasteiger partial charge in [0.1, 0.15) is 5.76 Å². The van der Waals surface area contributed by atoms with E-state index in [0.717, 1.165) is 37.6 Å². The van der Waals surface area contributed by atoms with Gasteiger partial charge in [0.25, 0.3) is 0 Å². The number of carboxylic acids is 1. The number of carbonyl (C=O) groups excluding carboxylic acids is 1. The lowest BCUT2D eigenvalue weighted by atomic mass is 10.0. The fourth-order valence-electron chi connectivity index (χ4n) is 3.54. The third-order valence-electron chi connectivity index (χ3n) is 4.79. The van der Waals surface area contributed by atoms with Crippen molar-refractivity contribution in [2.75, 3.05) is 24.5 Å². The third-order valence-corrected chi connectivity index (χ3v) is 4.79. The van der Waals surface area contributed by atoms with Gasteiger partial charge in [0.15, 0.2) is 0 Å². The van der Waals surface area contributed by atoms with Gasteiger partial charge in [-0.2, -0.15) is 13.2 Å². The summed E-state index contributed by atoms with van der Waals surface area (Å²) in [7, 11) is 0. The Morgan fingerprint density at radius 3 is 2.32 bits per heavy atom. The fraction of sp³-hybridized carbons (Fsp3) is 0.368. The van der Waals surface area contributed by atoms with E-state index in [1.54, 1.807) is 6.26 Å². The molecule has 1 N–H and O–H groups in total. The van der Waals surface area contributed by atoms with Gasteiger partial charge in [0, 0.05) is 31.2 Å². The van der Waals surface area contributed by atoms with E-state index < -0.39 is 12.1 Å². The Morgan fingerprint density at radius 2 is 1.79 bits per heavy atom. The Bertz CT molecular complexity index is 808. The van der Waals surface area contributed by atoms with Crippen molar-refractivity contribution in [3.8, 4) is 0 Å². The molecule has 150 valence electrons. The molecule has 1 aromatic carbocycles. The number of alkyl halides is 3. The minimum Gasteiger partial charge on any atom is -0.475 e. The summed E-state index contributed by atoms with van der Waals surface area (Å²) in [5, 5.41) is 7.12. The van der Waals surface area contributed by atoms with E-state index >= 15 is 0 Å². The van der Waals surface area contributed by atoms with Gasteiger partial charge in [0.2, 0.25) is 5.91 Å². The second-order valence-electron chi connectivity index (χ2n) is 6.73. The Labute approximate surface area is 159 Å². The van der Waals surface area contributed by atoms with Crippen LogP contribution in [-0.4, -0.2) is 47.7 Å². The number of hydrogen-bond acceptors (Lipinski definition) is 4. The molecule has 0 aliphatic carbocycles. The highest BCUT2D eigenvalue weighted by Gasteiger charge is 2.46. The molecule has 2 aliphatic rings. The van der Waals surface area contributed by atoms with Crippen LogP contribution in [0.4, 0.5) is 18.9 Å². The molecule has 3 heterocycles. The molecule has 2 saturated heterocycles.